The van der Waals surface area contributed by atoms with Gasteiger partial charge in [-0.3, -0.25) is 4.55 Å². The minimum atomic E-state index is -2.21. The average molecular weight is 114 g/mol. The molecule has 5 heteroatoms. The predicted molar refractivity (Wildman–Crippen MR) is 20.8 cm³/mol. The summed E-state index contributed by atoms with van der Waals surface area (Å²) in [6.45, 7) is 0. The lowest BCUT2D eigenvalue weighted by Crippen LogP contribution is -1.78. The minimum absolute atomic E-state index is 2.21. The highest BCUT2D eigenvalue weighted by Crippen LogP contribution is 1.77. The van der Waals surface area contributed by atoms with Crippen LogP contribution in [0.4, 0.5) is 0 Å². The molecule has 5 heavy (non-hydrogen) atoms. The fourth-order valence-corrected chi connectivity index (χ4v) is 0. The van der Waals surface area contributed by atoms with E-state index in [1.807, 2.05) is 0 Å². The van der Waals surface area contributed by atoms with Gasteiger partial charge in [-0.1, -0.05) is 0 Å². The lowest BCUT2D eigenvalue weighted by Gasteiger charge is -1.74. The first kappa shape index (κ1) is 5.42. The van der Waals surface area contributed by atoms with E-state index in [4.69, 9.17) is 4.55 Å². The molecule has 0 bridgehead atoms. The summed E-state index contributed by atoms with van der Waals surface area (Å²) < 4.78 is 20.2. The maximum Gasteiger partial charge on any atom is 0.313 e. The van der Waals surface area contributed by atoms with Crippen LogP contribution in [0.3, 0.4) is 0 Å². The van der Waals surface area contributed by atoms with Crippen LogP contribution in [-0.4, -0.2) is 8.76 Å². The molecule has 0 aromatic heterocycles. The Morgan fingerprint density at radius 3 is 2.20 bits per heavy atom. The van der Waals surface area contributed by atoms with E-state index < -0.39 is 11.4 Å². The largest absolute Gasteiger partial charge is 0.313 e. The Bertz CT molecular complexity index is 40.2. The third kappa shape index (κ3) is 4.42. The molecule has 0 aliphatic rings. The highest BCUT2D eigenvalue weighted by Gasteiger charge is 1.77. The van der Waals surface area contributed by atoms with E-state index in [-0.39, 0.29) is 0 Å². The van der Waals surface area contributed by atoms with Gasteiger partial charge in [0.1, 0.15) is 0 Å². The van der Waals surface area contributed by atoms with E-state index in [9.17, 15) is 4.21 Å². The summed E-state index contributed by atoms with van der Waals surface area (Å²) in [5.41, 5.74) is 0. The van der Waals surface area contributed by atoms with E-state index in [1.54, 1.807) is 0 Å². The predicted octanol–water partition coefficient (Wildman–Crippen LogP) is -0.0155. The molecule has 32 valence electrons. The quantitative estimate of drug-likeness (QED) is 0.286. The van der Waals surface area contributed by atoms with Crippen molar-refractivity contribution in [3.63, 3.8) is 0 Å². The topological polar surface area (TPSA) is 46.5 Å². The zero-order valence-electron chi connectivity index (χ0n) is 2.12. The van der Waals surface area contributed by atoms with E-state index in [1.165, 1.54) is 0 Å². The van der Waals surface area contributed by atoms with Crippen molar-refractivity contribution in [1.82, 2.24) is 0 Å². The Balaban J connectivity index is 2.85. The molecule has 0 saturated heterocycles. The van der Waals surface area contributed by atoms with E-state index in [0.29, 0.717) is 0 Å². The summed E-state index contributed by atoms with van der Waals surface area (Å²) in [6, 6.07) is 0. The van der Waals surface area contributed by atoms with Crippen LogP contribution in [0.15, 0.2) is 0 Å². The standard InChI is InChI=1S/H2O3S2/c1-5(2)3-4/h4H,(H,1,2). The Labute approximate surface area is 37.4 Å². The summed E-state index contributed by atoms with van der Waals surface area (Å²) in [5.74, 6) is 0. The fraction of sp³-hybridized carbons (Fsp3) is 0. The number of hydrogen-bond donors (Lipinski definition) is 2. The molecule has 3 nitrogen and oxygen atoms in total. The van der Waals surface area contributed by atoms with Crippen LogP contribution in [0.1, 0.15) is 0 Å². The van der Waals surface area contributed by atoms with Gasteiger partial charge in [-0.2, -0.15) is 7.84 Å². The third-order valence-electron chi connectivity index (χ3n) is 0.0638. The van der Waals surface area contributed by atoms with Crippen LogP contribution in [-0.2, 0) is 15.0 Å². The second kappa shape index (κ2) is 2.65. The molecule has 0 aliphatic heterocycles. The van der Waals surface area contributed by atoms with Gasteiger partial charge in [0.2, 0.25) is 0 Å². The maximum absolute atomic E-state index is 9.18. The molecule has 0 rings (SSSR count). The normalized spacial score (nSPS) is 14.8. The summed E-state index contributed by atoms with van der Waals surface area (Å²) >= 11 is 0.757. The lowest BCUT2D eigenvalue weighted by molar-refractivity contribution is 0.489. The number of rotatable bonds is 1. The lowest BCUT2D eigenvalue weighted by atomic mass is 15.8. The second-order valence-electron chi connectivity index (χ2n) is 0.292. The Morgan fingerprint density at radius 1 is 2.00 bits per heavy atom. The molecule has 0 fully saturated rings. The summed E-state index contributed by atoms with van der Waals surface area (Å²) in [4.78, 5) is 0. The summed E-state index contributed by atoms with van der Waals surface area (Å²) in [6.07, 6.45) is 0. The SMILES string of the molecule is O=S(O)OS. The third-order valence-corrected chi connectivity index (χ3v) is 0.574. The van der Waals surface area contributed by atoms with Crippen LogP contribution < -0.4 is 0 Å². The van der Waals surface area contributed by atoms with Gasteiger partial charge in [-0.15, -0.1) is 0 Å². The van der Waals surface area contributed by atoms with Crippen molar-refractivity contribution in [1.29, 1.82) is 0 Å². The Kier molecular flexibility index (Phi) is 2.87. The molecule has 1 unspecified atom stereocenters. The molecule has 0 spiro atoms. The highest BCUT2D eigenvalue weighted by molar-refractivity contribution is 7.88. The van der Waals surface area contributed by atoms with E-state index in [2.05, 4.69) is 16.5 Å². The van der Waals surface area contributed by atoms with Crippen LogP contribution >= 0.6 is 12.9 Å². The van der Waals surface area contributed by atoms with Crippen molar-refractivity contribution in [2.75, 3.05) is 0 Å². The van der Waals surface area contributed by atoms with Crippen molar-refractivity contribution in [3.05, 3.63) is 0 Å². The molecular weight excluding hydrogens is 112 g/mol. The van der Waals surface area contributed by atoms with Crippen molar-refractivity contribution in [2.45, 2.75) is 0 Å². The summed E-state index contributed by atoms with van der Waals surface area (Å²) in [5, 5.41) is 0. The van der Waals surface area contributed by atoms with Gasteiger partial charge in [0.25, 0.3) is 0 Å². The smallest absolute Gasteiger partial charge is 0.283 e. The van der Waals surface area contributed by atoms with Crippen LogP contribution in [0.25, 0.3) is 0 Å². The van der Waals surface area contributed by atoms with Gasteiger partial charge in [0.15, 0.2) is 0 Å². The van der Waals surface area contributed by atoms with E-state index in [0.717, 1.165) is 0 Å². The van der Waals surface area contributed by atoms with Gasteiger partial charge >= 0.3 is 11.4 Å². The van der Waals surface area contributed by atoms with Crippen molar-refractivity contribution < 1.29 is 12.4 Å². The van der Waals surface area contributed by atoms with Gasteiger partial charge in [-0.05, 0) is 12.9 Å². The van der Waals surface area contributed by atoms with Crippen LogP contribution in [0.2, 0.25) is 0 Å². The van der Waals surface area contributed by atoms with E-state index >= 15 is 0 Å². The molecule has 0 aromatic rings. The van der Waals surface area contributed by atoms with Crippen molar-refractivity contribution >= 4 is 24.3 Å². The first-order valence-electron chi connectivity index (χ1n) is 0.698. The fourth-order valence-electron chi connectivity index (χ4n) is 0. The molecule has 1 N–H and O–H groups in total. The molecule has 0 aromatic carbocycles. The van der Waals surface area contributed by atoms with Gasteiger partial charge in [-0.25, -0.2) is 0 Å². The molecule has 0 saturated carbocycles. The van der Waals surface area contributed by atoms with Gasteiger partial charge in [0, 0.05) is 0 Å². The molecule has 0 radical (unpaired) electrons. The zero-order valence-corrected chi connectivity index (χ0v) is 3.83. The molecular formula is H2O3S2. The van der Waals surface area contributed by atoms with Crippen LogP contribution in [0, 0.1) is 0 Å². The van der Waals surface area contributed by atoms with Crippen LogP contribution in [0.5, 0.6) is 0 Å². The number of thiol groups is 1. The molecule has 0 amide bonds. The monoisotopic (exact) mass is 114 g/mol. The first-order valence-corrected chi connectivity index (χ1v) is 2.10. The molecule has 1 atom stereocenters. The maximum atomic E-state index is 9.18. The molecule has 0 heterocycles. The van der Waals surface area contributed by atoms with Crippen molar-refractivity contribution in [2.24, 2.45) is 0 Å². The van der Waals surface area contributed by atoms with Gasteiger partial charge < -0.3 is 0 Å². The molecule has 0 aliphatic carbocycles. The Morgan fingerprint density at radius 2 is 2.20 bits per heavy atom. The second-order valence-corrected chi connectivity index (χ2v) is 1.32. The Hall–Kier alpha value is 0.420. The minimum Gasteiger partial charge on any atom is -0.283 e. The average Bonchev–Trinajstić information content (AvgIpc) is 1.38. The highest BCUT2D eigenvalue weighted by atomic mass is 32.3. The summed E-state index contributed by atoms with van der Waals surface area (Å²) in [7, 11) is 0. The van der Waals surface area contributed by atoms with Gasteiger partial charge in [0.05, 0.1) is 0 Å². The zero-order chi connectivity index (χ0) is 4.28. The van der Waals surface area contributed by atoms with Crippen molar-refractivity contribution in [3.8, 4) is 0 Å². The number of hydrogen-bond acceptors (Lipinski definition) is 3. The first-order chi connectivity index (χ1) is 2.27.